The minimum Gasteiger partial charge on any atom is -0.454 e. The van der Waals surface area contributed by atoms with Gasteiger partial charge in [0.1, 0.15) is 6.04 Å². The average Bonchev–Trinajstić information content (AvgIpc) is 3.01. The van der Waals surface area contributed by atoms with Crippen LogP contribution in [-0.2, 0) is 14.3 Å². The van der Waals surface area contributed by atoms with Crippen LogP contribution < -0.4 is 5.32 Å². The molecule has 0 aromatic heterocycles. The number of amides is 3. The first-order valence-corrected chi connectivity index (χ1v) is 10.9. The molecule has 0 saturated heterocycles. The third kappa shape index (κ3) is 4.51. The zero-order chi connectivity index (χ0) is 23.9. The quantitative estimate of drug-likeness (QED) is 0.217. The minimum atomic E-state index is -1.40. The Bertz CT molecular complexity index is 1140. The number of benzene rings is 2. The predicted molar refractivity (Wildman–Crippen MR) is 122 cm³/mol. The average molecular weight is 559 g/mol. The summed E-state index contributed by atoms with van der Waals surface area (Å²) >= 11 is 35.7. The molecule has 0 saturated carbocycles. The van der Waals surface area contributed by atoms with E-state index < -0.39 is 36.3 Å². The smallest absolute Gasteiger partial charge is 0.329 e. The van der Waals surface area contributed by atoms with E-state index in [0.717, 1.165) is 0 Å². The Morgan fingerprint density at radius 2 is 1.44 bits per heavy atom. The van der Waals surface area contributed by atoms with Crippen molar-refractivity contribution in [2.45, 2.75) is 13.0 Å². The number of carbonyl (C=O) groups excluding carboxylic acids is 4. The second kappa shape index (κ2) is 9.63. The normalized spacial score (nSPS) is 13.8. The van der Waals surface area contributed by atoms with Gasteiger partial charge in [-0.25, -0.2) is 4.79 Å². The van der Waals surface area contributed by atoms with Crippen molar-refractivity contribution in [1.29, 1.82) is 0 Å². The SMILES string of the molecule is C[C@H](C(=O)OCC(=O)Nc1ccc(Cl)c(Cl)c1)N1C(=O)c2c(Cl)c(Cl)c(Cl)c(Cl)c2C1=O. The molecule has 32 heavy (non-hydrogen) atoms. The highest BCUT2D eigenvalue weighted by Gasteiger charge is 2.45. The number of rotatable bonds is 5. The van der Waals surface area contributed by atoms with Crippen LogP contribution >= 0.6 is 69.6 Å². The van der Waals surface area contributed by atoms with Gasteiger partial charge in [-0.3, -0.25) is 19.3 Å². The molecule has 3 amide bonds. The van der Waals surface area contributed by atoms with Gasteiger partial charge in [0, 0.05) is 5.69 Å². The highest BCUT2D eigenvalue weighted by Crippen LogP contribution is 2.45. The summed E-state index contributed by atoms with van der Waals surface area (Å²) in [6.45, 7) is 0.553. The highest BCUT2D eigenvalue weighted by molar-refractivity contribution is 6.55. The van der Waals surface area contributed by atoms with E-state index in [0.29, 0.717) is 15.6 Å². The summed E-state index contributed by atoms with van der Waals surface area (Å²) in [6, 6.07) is 2.99. The zero-order valence-corrected chi connectivity index (χ0v) is 20.3. The molecule has 0 spiro atoms. The number of nitrogens with zero attached hydrogens (tertiary/aromatic N) is 1. The van der Waals surface area contributed by atoms with Gasteiger partial charge < -0.3 is 10.1 Å². The van der Waals surface area contributed by atoms with E-state index in [1.165, 1.54) is 25.1 Å². The van der Waals surface area contributed by atoms with E-state index in [4.69, 9.17) is 74.3 Å². The number of hydrogen-bond donors (Lipinski definition) is 1. The third-order valence-electron chi connectivity index (χ3n) is 4.41. The van der Waals surface area contributed by atoms with E-state index >= 15 is 0 Å². The van der Waals surface area contributed by atoms with Gasteiger partial charge in [0.25, 0.3) is 17.7 Å². The number of imide groups is 1. The Hall–Kier alpha value is -1.74. The predicted octanol–water partition coefficient (Wildman–Crippen LogP) is 5.77. The van der Waals surface area contributed by atoms with Gasteiger partial charge in [-0.15, -0.1) is 0 Å². The summed E-state index contributed by atoms with van der Waals surface area (Å²) in [4.78, 5) is 50.6. The molecule has 168 valence electrons. The molecule has 2 aromatic carbocycles. The van der Waals surface area contributed by atoms with Gasteiger partial charge in [-0.2, -0.15) is 0 Å². The first-order valence-electron chi connectivity index (χ1n) is 8.61. The van der Waals surface area contributed by atoms with Crippen LogP contribution in [0.4, 0.5) is 5.69 Å². The van der Waals surface area contributed by atoms with Crippen LogP contribution in [0.5, 0.6) is 0 Å². The van der Waals surface area contributed by atoms with Crippen LogP contribution in [0.3, 0.4) is 0 Å². The molecule has 1 N–H and O–H groups in total. The maximum atomic E-state index is 12.8. The number of halogens is 6. The number of carbonyl (C=O) groups is 4. The summed E-state index contributed by atoms with van der Waals surface area (Å²) in [5, 5.41) is 2.05. The van der Waals surface area contributed by atoms with Crippen molar-refractivity contribution in [1.82, 2.24) is 4.90 Å². The molecule has 2 aromatic rings. The van der Waals surface area contributed by atoms with Gasteiger partial charge >= 0.3 is 5.97 Å². The molecular formula is C19H10Cl6N2O5. The topological polar surface area (TPSA) is 92.8 Å². The number of fused-ring (bicyclic) bond motifs is 1. The van der Waals surface area contributed by atoms with Crippen molar-refractivity contribution in [3.05, 3.63) is 59.5 Å². The van der Waals surface area contributed by atoms with Gasteiger partial charge in [-0.05, 0) is 25.1 Å². The minimum absolute atomic E-state index is 0.200. The van der Waals surface area contributed by atoms with Crippen LogP contribution in [0, 0.1) is 0 Å². The molecule has 0 fully saturated rings. The van der Waals surface area contributed by atoms with Crippen molar-refractivity contribution in [3.63, 3.8) is 0 Å². The summed E-state index contributed by atoms with van der Waals surface area (Å²) in [5.74, 6) is -3.51. The monoisotopic (exact) mass is 556 g/mol. The lowest BCUT2D eigenvalue weighted by atomic mass is 10.1. The van der Waals surface area contributed by atoms with E-state index in [9.17, 15) is 19.2 Å². The molecule has 0 aliphatic carbocycles. The van der Waals surface area contributed by atoms with Crippen molar-refractivity contribution in [2.24, 2.45) is 0 Å². The first-order chi connectivity index (χ1) is 15.0. The van der Waals surface area contributed by atoms with Crippen molar-refractivity contribution >= 4 is 99.0 Å². The Balaban J connectivity index is 1.70. The van der Waals surface area contributed by atoms with E-state index in [1.54, 1.807) is 0 Å². The number of esters is 1. The standard InChI is InChI=1S/C19H10Cl6N2O5/c1-6(19(31)32-5-10(28)26-7-2-3-8(20)9(21)4-7)27-17(29)11-12(18(27)30)14(23)16(25)15(24)13(11)22/h2-4,6H,5H2,1H3,(H,26,28)/t6-/m1/s1. The van der Waals surface area contributed by atoms with Crippen LogP contribution in [0.2, 0.25) is 30.1 Å². The zero-order valence-electron chi connectivity index (χ0n) is 15.8. The maximum Gasteiger partial charge on any atom is 0.329 e. The Labute approximate surface area is 211 Å². The molecule has 7 nitrogen and oxygen atoms in total. The summed E-state index contributed by atoms with van der Waals surface area (Å²) in [7, 11) is 0. The molecule has 13 heteroatoms. The fourth-order valence-corrected chi connectivity index (χ4v) is 4.16. The summed E-state index contributed by atoms with van der Waals surface area (Å²) < 4.78 is 4.93. The fraction of sp³-hybridized carbons (Fsp3) is 0.158. The van der Waals surface area contributed by atoms with Gasteiger partial charge in [0.15, 0.2) is 6.61 Å². The molecule has 0 radical (unpaired) electrons. The molecule has 0 unspecified atom stereocenters. The number of hydrogen-bond acceptors (Lipinski definition) is 5. The molecule has 1 aliphatic rings. The Morgan fingerprint density at radius 3 is 1.94 bits per heavy atom. The lowest BCUT2D eigenvalue weighted by molar-refractivity contribution is -0.150. The Kier molecular flexibility index (Phi) is 7.49. The largest absolute Gasteiger partial charge is 0.454 e. The first kappa shape index (κ1) is 24.9. The van der Waals surface area contributed by atoms with Crippen molar-refractivity contribution < 1.29 is 23.9 Å². The lowest BCUT2D eigenvalue weighted by Gasteiger charge is -2.20. The summed E-state index contributed by atoms with van der Waals surface area (Å²) in [6.07, 6.45) is 0. The molecule has 3 rings (SSSR count). The van der Waals surface area contributed by atoms with E-state index in [1.807, 2.05) is 0 Å². The number of anilines is 1. The lowest BCUT2D eigenvalue weighted by Crippen LogP contribution is -2.44. The van der Waals surface area contributed by atoms with Crippen LogP contribution in [0.1, 0.15) is 27.6 Å². The summed E-state index contributed by atoms with van der Waals surface area (Å²) in [5.41, 5.74) is -0.215. The molecular weight excluding hydrogens is 549 g/mol. The molecule has 0 bridgehead atoms. The second-order valence-corrected chi connectivity index (χ2v) is 8.77. The van der Waals surface area contributed by atoms with Crippen LogP contribution in [0.15, 0.2) is 18.2 Å². The van der Waals surface area contributed by atoms with Gasteiger partial charge in [-0.1, -0.05) is 69.6 Å². The van der Waals surface area contributed by atoms with Crippen LogP contribution in [0.25, 0.3) is 0 Å². The molecule has 1 atom stereocenters. The number of ether oxygens (including phenoxy) is 1. The fourth-order valence-electron chi connectivity index (χ4n) is 2.85. The van der Waals surface area contributed by atoms with E-state index in [-0.39, 0.29) is 36.2 Å². The highest BCUT2D eigenvalue weighted by atomic mass is 35.5. The van der Waals surface area contributed by atoms with Gasteiger partial charge in [0.2, 0.25) is 0 Å². The van der Waals surface area contributed by atoms with Gasteiger partial charge in [0.05, 0.1) is 41.3 Å². The van der Waals surface area contributed by atoms with Crippen LogP contribution in [-0.4, -0.2) is 41.2 Å². The molecule has 1 aliphatic heterocycles. The Morgan fingerprint density at radius 1 is 0.906 bits per heavy atom. The van der Waals surface area contributed by atoms with Crippen molar-refractivity contribution in [2.75, 3.05) is 11.9 Å². The molecule has 1 heterocycles. The second-order valence-electron chi connectivity index (χ2n) is 6.45. The maximum absolute atomic E-state index is 12.8. The third-order valence-corrected chi connectivity index (χ3v) is 6.95. The van der Waals surface area contributed by atoms with E-state index in [2.05, 4.69) is 5.32 Å². The number of nitrogens with one attached hydrogen (secondary N) is 1. The van der Waals surface area contributed by atoms with Crippen molar-refractivity contribution in [3.8, 4) is 0 Å².